The van der Waals surface area contributed by atoms with Gasteiger partial charge < -0.3 is 10.8 Å². The highest BCUT2D eigenvalue weighted by atomic mass is 16.3. The van der Waals surface area contributed by atoms with E-state index in [2.05, 4.69) is 24.9 Å². The van der Waals surface area contributed by atoms with Crippen LogP contribution in [0.4, 0.5) is 0 Å². The average Bonchev–Trinajstić information content (AvgIpc) is 2.65. The number of likely N-dealkylation sites (tertiary alicyclic amines) is 1. The number of aryl methyl sites for hydroxylation is 2. The van der Waals surface area contributed by atoms with Crippen LogP contribution in [0.1, 0.15) is 29.2 Å². The third-order valence-corrected chi connectivity index (χ3v) is 3.80. The summed E-state index contributed by atoms with van der Waals surface area (Å²) in [7, 11) is 2.11. The topological polar surface area (TPSA) is 49.5 Å². The van der Waals surface area contributed by atoms with E-state index in [1.54, 1.807) is 0 Å². The van der Waals surface area contributed by atoms with Crippen molar-refractivity contribution in [2.45, 2.75) is 26.3 Å². The van der Waals surface area contributed by atoms with Crippen LogP contribution in [0.5, 0.6) is 5.75 Å². The van der Waals surface area contributed by atoms with E-state index < -0.39 is 0 Å². The zero-order valence-corrected chi connectivity index (χ0v) is 10.9. The van der Waals surface area contributed by atoms with Gasteiger partial charge in [-0.25, -0.2) is 0 Å². The Balaban J connectivity index is 2.34. The lowest BCUT2D eigenvalue weighted by atomic mass is 9.95. The van der Waals surface area contributed by atoms with Crippen molar-refractivity contribution in [3.8, 4) is 5.75 Å². The Morgan fingerprint density at radius 1 is 1.41 bits per heavy atom. The third-order valence-electron chi connectivity index (χ3n) is 3.80. The molecule has 0 bridgehead atoms. The minimum absolute atomic E-state index is 0.308. The van der Waals surface area contributed by atoms with Crippen LogP contribution in [-0.2, 0) is 0 Å². The van der Waals surface area contributed by atoms with Crippen LogP contribution in [0.3, 0.4) is 0 Å². The van der Waals surface area contributed by atoms with Gasteiger partial charge in [0.25, 0.3) is 0 Å². The molecule has 1 aliphatic rings. The molecule has 0 amide bonds. The van der Waals surface area contributed by atoms with Gasteiger partial charge in [0.05, 0.1) is 0 Å². The lowest BCUT2D eigenvalue weighted by molar-refractivity contribution is 0.305. The van der Waals surface area contributed by atoms with Crippen LogP contribution in [0.2, 0.25) is 0 Å². The largest absolute Gasteiger partial charge is 0.507 e. The van der Waals surface area contributed by atoms with Gasteiger partial charge in [-0.15, -0.1) is 0 Å². The molecule has 0 aliphatic carbocycles. The standard InChI is InChI=1S/C14H22N2O/c1-9-4-10(2)14(17)12(5-9)13-6-11(7-15)8-16(13)3/h4-5,11,13,17H,6-8,15H2,1-3H3. The Kier molecular flexibility index (Phi) is 3.40. The lowest BCUT2D eigenvalue weighted by Crippen LogP contribution is -2.20. The first-order valence-electron chi connectivity index (χ1n) is 6.23. The number of benzene rings is 1. The van der Waals surface area contributed by atoms with Gasteiger partial charge in [-0.1, -0.05) is 17.7 Å². The number of phenols is 1. The fourth-order valence-electron chi connectivity index (χ4n) is 2.89. The minimum atomic E-state index is 0.308. The Morgan fingerprint density at radius 3 is 2.71 bits per heavy atom. The molecule has 1 heterocycles. The molecule has 94 valence electrons. The van der Waals surface area contributed by atoms with Gasteiger partial charge in [0, 0.05) is 18.2 Å². The molecule has 0 saturated carbocycles. The minimum Gasteiger partial charge on any atom is -0.507 e. The molecule has 3 heteroatoms. The molecule has 1 aromatic rings. The van der Waals surface area contributed by atoms with Crippen molar-refractivity contribution < 1.29 is 5.11 Å². The molecule has 2 unspecified atom stereocenters. The fraction of sp³-hybridized carbons (Fsp3) is 0.571. The maximum atomic E-state index is 10.2. The van der Waals surface area contributed by atoms with Gasteiger partial charge in [0.1, 0.15) is 5.75 Å². The molecule has 1 fully saturated rings. The molecule has 1 saturated heterocycles. The highest BCUT2D eigenvalue weighted by Gasteiger charge is 2.31. The summed E-state index contributed by atoms with van der Waals surface area (Å²) in [5, 5.41) is 10.2. The molecule has 0 spiro atoms. The number of nitrogens with zero attached hydrogens (tertiary/aromatic N) is 1. The summed E-state index contributed by atoms with van der Waals surface area (Å²) in [6, 6.07) is 4.43. The number of phenolic OH excluding ortho intramolecular Hbond substituents is 1. The molecule has 0 radical (unpaired) electrons. The number of aromatic hydroxyl groups is 1. The van der Waals surface area contributed by atoms with E-state index in [0.29, 0.717) is 17.7 Å². The highest BCUT2D eigenvalue weighted by Crippen LogP contribution is 2.39. The fourth-order valence-corrected chi connectivity index (χ4v) is 2.89. The maximum Gasteiger partial charge on any atom is 0.123 e. The summed E-state index contributed by atoms with van der Waals surface area (Å²) >= 11 is 0. The molecule has 2 rings (SSSR count). The van der Waals surface area contributed by atoms with Crippen LogP contribution in [0.15, 0.2) is 12.1 Å². The van der Waals surface area contributed by atoms with E-state index in [1.807, 2.05) is 13.0 Å². The normalized spacial score (nSPS) is 25.4. The first-order chi connectivity index (χ1) is 8.02. The van der Waals surface area contributed by atoms with Gasteiger partial charge in [-0.3, -0.25) is 4.90 Å². The summed E-state index contributed by atoms with van der Waals surface area (Å²) in [5.74, 6) is 0.996. The summed E-state index contributed by atoms with van der Waals surface area (Å²) in [4.78, 5) is 2.30. The van der Waals surface area contributed by atoms with E-state index in [0.717, 1.165) is 30.6 Å². The smallest absolute Gasteiger partial charge is 0.123 e. The summed E-state index contributed by atoms with van der Waals surface area (Å²) < 4.78 is 0. The van der Waals surface area contributed by atoms with Gasteiger partial charge in [-0.05, 0) is 45.3 Å². The van der Waals surface area contributed by atoms with Gasteiger partial charge in [-0.2, -0.15) is 0 Å². The Labute approximate surface area is 103 Å². The Morgan fingerprint density at radius 2 is 2.12 bits per heavy atom. The number of hydrogen-bond acceptors (Lipinski definition) is 3. The Bertz CT molecular complexity index is 417. The highest BCUT2D eigenvalue weighted by molar-refractivity contribution is 5.44. The second-order valence-electron chi connectivity index (χ2n) is 5.31. The molecule has 1 aromatic carbocycles. The second kappa shape index (κ2) is 4.67. The molecule has 2 atom stereocenters. The van der Waals surface area contributed by atoms with Crippen molar-refractivity contribution in [1.29, 1.82) is 0 Å². The molecule has 17 heavy (non-hydrogen) atoms. The lowest BCUT2D eigenvalue weighted by Gasteiger charge is -2.22. The van der Waals surface area contributed by atoms with E-state index in [9.17, 15) is 5.11 Å². The first kappa shape index (κ1) is 12.4. The third kappa shape index (κ3) is 2.31. The van der Waals surface area contributed by atoms with Crippen molar-refractivity contribution >= 4 is 0 Å². The van der Waals surface area contributed by atoms with Crippen LogP contribution < -0.4 is 5.73 Å². The predicted molar refractivity (Wildman–Crippen MR) is 70.1 cm³/mol. The zero-order valence-electron chi connectivity index (χ0n) is 10.9. The van der Waals surface area contributed by atoms with E-state index in [4.69, 9.17) is 5.73 Å². The zero-order chi connectivity index (χ0) is 12.6. The van der Waals surface area contributed by atoms with E-state index in [-0.39, 0.29) is 0 Å². The average molecular weight is 234 g/mol. The van der Waals surface area contributed by atoms with E-state index >= 15 is 0 Å². The maximum absolute atomic E-state index is 10.2. The van der Waals surface area contributed by atoms with Crippen LogP contribution in [0, 0.1) is 19.8 Å². The second-order valence-corrected chi connectivity index (χ2v) is 5.31. The molecular weight excluding hydrogens is 212 g/mol. The SMILES string of the molecule is Cc1cc(C)c(O)c(C2CC(CN)CN2C)c1. The van der Waals surface area contributed by atoms with E-state index in [1.165, 1.54) is 5.56 Å². The summed E-state index contributed by atoms with van der Waals surface area (Å²) in [6.07, 6.45) is 1.05. The predicted octanol–water partition coefficient (Wildman–Crippen LogP) is 1.96. The van der Waals surface area contributed by atoms with Crippen molar-refractivity contribution in [3.05, 3.63) is 28.8 Å². The summed E-state index contributed by atoms with van der Waals surface area (Å²) in [5.41, 5.74) is 8.97. The summed E-state index contributed by atoms with van der Waals surface area (Å²) in [6.45, 7) is 5.78. The van der Waals surface area contributed by atoms with Crippen LogP contribution in [0.25, 0.3) is 0 Å². The first-order valence-corrected chi connectivity index (χ1v) is 6.23. The molecule has 3 N–H and O–H groups in total. The van der Waals surface area contributed by atoms with Gasteiger partial charge in [0.2, 0.25) is 0 Å². The molecule has 3 nitrogen and oxygen atoms in total. The number of hydrogen-bond donors (Lipinski definition) is 2. The molecule has 0 aromatic heterocycles. The van der Waals surface area contributed by atoms with Crippen molar-refractivity contribution in [1.82, 2.24) is 4.90 Å². The van der Waals surface area contributed by atoms with Crippen LogP contribution >= 0.6 is 0 Å². The van der Waals surface area contributed by atoms with Crippen LogP contribution in [-0.4, -0.2) is 30.1 Å². The van der Waals surface area contributed by atoms with Crippen molar-refractivity contribution in [3.63, 3.8) is 0 Å². The molecule has 1 aliphatic heterocycles. The molecular formula is C14H22N2O. The van der Waals surface area contributed by atoms with Crippen molar-refractivity contribution in [2.75, 3.05) is 20.1 Å². The Hall–Kier alpha value is -1.06. The number of rotatable bonds is 2. The number of nitrogens with two attached hydrogens (primary N) is 1. The van der Waals surface area contributed by atoms with Gasteiger partial charge >= 0.3 is 0 Å². The van der Waals surface area contributed by atoms with Gasteiger partial charge in [0.15, 0.2) is 0 Å². The monoisotopic (exact) mass is 234 g/mol. The van der Waals surface area contributed by atoms with Crippen molar-refractivity contribution in [2.24, 2.45) is 11.7 Å². The quantitative estimate of drug-likeness (QED) is 0.822.